The Kier molecular flexibility index (Phi) is 7.88. The first-order valence-electron chi connectivity index (χ1n) is 6.45. The summed E-state index contributed by atoms with van der Waals surface area (Å²) in [6.45, 7) is 0. The molecule has 0 radical (unpaired) electrons. The fraction of sp³-hybridized carbons (Fsp3) is 0.0556. The smallest absolute Gasteiger partial charge is 0.119 e. The standard InChI is InChI=1S/C13H12NO.C5H5.Fe/c1-15-13-8-6-12(7-9-13)14-10-11-4-2-3-5-11;1-2-4-5-3-1;/h2-10H,1H3;1-5H;/q-1;-5;. The molecule has 0 bridgehead atoms. The molecule has 0 N–H and O–H groups in total. The van der Waals surface area contributed by atoms with Crippen LogP contribution >= 0.6 is 0 Å². The Bertz CT molecular complexity index is 578. The third kappa shape index (κ3) is 6.26. The Labute approximate surface area is 136 Å². The zero-order valence-corrected chi connectivity index (χ0v) is 12.9. The number of benzene rings is 1. The van der Waals surface area contributed by atoms with Crippen molar-refractivity contribution < 1.29 is 21.8 Å². The molecule has 0 saturated heterocycles. The maximum absolute atomic E-state index is 5.07. The Morgan fingerprint density at radius 2 is 1.48 bits per heavy atom. The van der Waals surface area contributed by atoms with Crippen molar-refractivity contribution in [1.29, 1.82) is 0 Å². The molecule has 0 atom stereocenters. The molecule has 21 heavy (non-hydrogen) atoms. The van der Waals surface area contributed by atoms with E-state index in [-0.39, 0.29) is 17.1 Å². The van der Waals surface area contributed by atoms with Crippen LogP contribution in [0.4, 0.5) is 5.69 Å². The molecule has 0 aromatic heterocycles. The van der Waals surface area contributed by atoms with Crippen LogP contribution in [0.3, 0.4) is 0 Å². The molecule has 3 aromatic carbocycles. The summed E-state index contributed by atoms with van der Waals surface area (Å²) in [5.74, 6) is 0.849. The van der Waals surface area contributed by atoms with E-state index in [9.17, 15) is 0 Å². The first kappa shape index (κ1) is 17.0. The molecule has 0 aliphatic rings. The first-order chi connectivity index (χ1) is 9.88. The van der Waals surface area contributed by atoms with Gasteiger partial charge in [0.05, 0.1) is 12.8 Å². The van der Waals surface area contributed by atoms with Crippen LogP contribution in [0.25, 0.3) is 0 Å². The van der Waals surface area contributed by atoms with Crippen molar-refractivity contribution in [2.75, 3.05) is 7.11 Å². The van der Waals surface area contributed by atoms with E-state index in [0.717, 1.165) is 17.0 Å². The Balaban J connectivity index is 0.000000313. The molecule has 0 fully saturated rings. The summed E-state index contributed by atoms with van der Waals surface area (Å²) in [7, 11) is 1.66. The largest absolute Gasteiger partial charge is 0.748 e. The second-order valence-electron chi connectivity index (χ2n) is 4.14. The average Bonchev–Trinajstić information content (AvgIpc) is 3.21. The molecule has 0 heterocycles. The molecular formula is C18H17FeNO-6. The van der Waals surface area contributed by atoms with Gasteiger partial charge in [-0.15, -0.1) is 5.56 Å². The fourth-order valence-corrected chi connectivity index (χ4v) is 1.61. The minimum atomic E-state index is 0. The van der Waals surface area contributed by atoms with Crippen LogP contribution in [0.1, 0.15) is 5.56 Å². The number of methoxy groups -OCH3 is 1. The van der Waals surface area contributed by atoms with Crippen molar-refractivity contribution >= 4 is 11.9 Å². The van der Waals surface area contributed by atoms with E-state index in [4.69, 9.17) is 4.74 Å². The van der Waals surface area contributed by atoms with E-state index in [1.165, 1.54) is 0 Å². The number of aliphatic imine (C=N–C) groups is 1. The van der Waals surface area contributed by atoms with E-state index in [1.807, 2.05) is 85.1 Å². The van der Waals surface area contributed by atoms with E-state index >= 15 is 0 Å². The van der Waals surface area contributed by atoms with Gasteiger partial charge in [0.2, 0.25) is 0 Å². The van der Waals surface area contributed by atoms with Crippen LogP contribution in [-0.4, -0.2) is 13.3 Å². The quantitative estimate of drug-likeness (QED) is 0.394. The average molecular weight is 319 g/mol. The van der Waals surface area contributed by atoms with Gasteiger partial charge in [0, 0.05) is 17.1 Å². The minimum absolute atomic E-state index is 0. The second-order valence-corrected chi connectivity index (χ2v) is 4.14. The summed E-state index contributed by atoms with van der Waals surface area (Å²) >= 11 is 0. The second kappa shape index (κ2) is 9.76. The van der Waals surface area contributed by atoms with Crippen LogP contribution in [-0.2, 0) is 17.1 Å². The maximum Gasteiger partial charge on any atom is 0.119 e. The summed E-state index contributed by atoms with van der Waals surface area (Å²) in [6, 6.07) is 25.7. The molecule has 0 spiro atoms. The van der Waals surface area contributed by atoms with Crippen LogP contribution in [0.2, 0.25) is 0 Å². The topological polar surface area (TPSA) is 21.6 Å². The van der Waals surface area contributed by atoms with Crippen molar-refractivity contribution in [3.05, 3.63) is 84.4 Å². The van der Waals surface area contributed by atoms with Crippen molar-refractivity contribution in [2.24, 2.45) is 4.99 Å². The number of ether oxygens (including phenoxy) is 1. The van der Waals surface area contributed by atoms with Gasteiger partial charge in [-0.05, 0) is 30.5 Å². The van der Waals surface area contributed by atoms with Gasteiger partial charge in [-0.3, -0.25) is 4.99 Å². The Hall–Kier alpha value is -2.09. The van der Waals surface area contributed by atoms with Gasteiger partial charge in [-0.2, -0.15) is 12.1 Å². The molecule has 0 unspecified atom stereocenters. The first-order valence-corrected chi connectivity index (χ1v) is 6.45. The molecule has 114 valence electrons. The predicted molar refractivity (Wildman–Crippen MR) is 84.3 cm³/mol. The third-order valence-electron chi connectivity index (χ3n) is 2.68. The van der Waals surface area contributed by atoms with Gasteiger partial charge in [0.25, 0.3) is 0 Å². The molecule has 0 amide bonds. The van der Waals surface area contributed by atoms with E-state index in [0.29, 0.717) is 0 Å². The van der Waals surface area contributed by atoms with Crippen molar-refractivity contribution in [3.63, 3.8) is 0 Å². The Morgan fingerprint density at radius 1 is 0.952 bits per heavy atom. The van der Waals surface area contributed by atoms with Gasteiger partial charge >= 0.3 is 0 Å². The predicted octanol–water partition coefficient (Wildman–Crippen LogP) is 4.57. The number of rotatable bonds is 3. The number of hydrogen-bond donors (Lipinski definition) is 0. The van der Waals surface area contributed by atoms with Gasteiger partial charge in [0.15, 0.2) is 0 Å². The molecule has 3 rings (SSSR count). The van der Waals surface area contributed by atoms with Crippen LogP contribution in [0, 0.1) is 0 Å². The van der Waals surface area contributed by atoms with Gasteiger partial charge < -0.3 is 35.1 Å². The van der Waals surface area contributed by atoms with Crippen molar-refractivity contribution in [3.8, 4) is 5.75 Å². The van der Waals surface area contributed by atoms with E-state index in [2.05, 4.69) is 4.99 Å². The monoisotopic (exact) mass is 319 g/mol. The fourth-order valence-electron chi connectivity index (χ4n) is 1.61. The van der Waals surface area contributed by atoms with Crippen LogP contribution in [0.15, 0.2) is 83.9 Å². The maximum atomic E-state index is 5.07. The molecule has 3 aromatic rings. The number of hydrogen-bond acceptors (Lipinski definition) is 2. The Morgan fingerprint density at radius 3 is 1.95 bits per heavy atom. The normalized spacial score (nSPS) is 9.57. The van der Waals surface area contributed by atoms with Gasteiger partial charge in [-0.25, -0.2) is 12.1 Å². The van der Waals surface area contributed by atoms with Crippen molar-refractivity contribution in [2.45, 2.75) is 0 Å². The minimum Gasteiger partial charge on any atom is -0.748 e. The molecule has 0 aliphatic carbocycles. The van der Waals surface area contributed by atoms with Gasteiger partial charge in [-0.1, -0.05) is 0 Å². The molecule has 2 nitrogen and oxygen atoms in total. The molecule has 0 aliphatic heterocycles. The van der Waals surface area contributed by atoms with E-state index < -0.39 is 0 Å². The van der Waals surface area contributed by atoms with Crippen LogP contribution in [0.5, 0.6) is 5.75 Å². The molecule has 3 heteroatoms. The van der Waals surface area contributed by atoms with Gasteiger partial charge in [0.1, 0.15) is 5.75 Å². The number of nitrogens with zero attached hydrogens (tertiary/aromatic N) is 1. The summed E-state index contributed by atoms with van der Waals surface area (Å²) in [5, 5.41) is 0. The SMILES string of the molecule is COc1ccc(N=C[c-]2cccc2)cc1.[Fe].[cH-]1[cH-][cH-][cH-][cH-]1. The summed E-state index contributed by atoms with van der Waals surface area (Å²) in [4.78, 5) is 4.34. The van der Waals surface area contributed by atoms with Crippen LogP contribution < -0.4 is 4.74 Å². The third-order valence-corrected chi connectivity index (χ3v) is 2.68. The molecular weight excluding hydrogens is 302 g/mol. The van der Waals surface area contributed by atoms with E-state index in [1.54, 1.807) is 7.11 Å². The zero-order chi connectivity index (χ0) is 14.0. The zero-order valence-electron chi connectivity index (χ0n) is 11.8. The van der Waals surface area contributed by atoms with Crippen molar-refractivity contribution in [1.82, 2.24) is 0 Å². The summed E-state index contributed by atoms with van der Waals surface area (Å²) in [5.41, 5.74) is 2.04. The summed E-state index contributed by atoms with van der Waals surface area (Å²) in [6.07, 6.45) is 1.85. The summed E-state index contributed by atoms with van der Waals surface area (Å²) < 4.78 is 5.07. The molecule has 0 saturated carbocycles.